The van der Waals surface area contributed by atoms with Gasteiger partial charge in [-0.25, -0.2) is 9.78 Å². The van der Waals surface area contributed by atoms with Crippen LogP contribution in [0.1, 0.15) is 41.2 Å². The minimum atomic E-state index is -0.456. The average Bonchev–Trinajstić information content (AvgIpc) is 3.16. The van der Waals surface area contributed by atoms with Gasteiger partial charge >= 0.3 is 5.69 Å². The number of carbonyl (C=O) groups excluding carboxylic acids is 1. The molecule has 3 aromatic heterocycles. The molecule has 1 saturated heterocycles. The maximum absolute atomic E-state index is 13.3. The molecule has 1 aliphatic rings. The number of hydrogen-bond donors (Lipinski definition) is 0. The molecule has 0 spiro atoms. The van der Waals surface area contributed by atoms with Crippen LogP contribution in [0.4, 0.5) is 0 Å². The Morgan fingerprint density at radius 2 is 1.89 bits per heavy atom. The minimum absolute atomic E-state index is 0.0476. The molecule has 3 aromatic rings. The van der Waals surface area contributed by atoms with E-state index in [0.29, 0.717) is 12.1 Å². The van der Waals surface area contributed by atoms with Gasteiger partial charge in [0.15, 0.2) is 0 Å². The van der Waals surface area contributed by atoms with Crippen molar-refractivity contribution in [3.8, 4) is 0 Å². The average molecular weight is 382 g/mol. The summed E-state index contributed by atoms with van der Waals surface area (Å²) in [6.45, 7) is 0.641. The molecule has 9 heteroatoms. The molecule has 1 amide bonds. The quantitative estimate of drug-likeness (QED) is 0.651. The number of amides is 1. The molecule has 0 aliphatic carbocycles. The van der Waals surface area contributed by atoms with Crippen LogP contribution in [0.3, 0.4) is 0 Å². The highest BCUT2D eigenvalue weighted by molar-refractivity contribution is 5.97. The summed E-state index contributed by atoms with van der Waals surface area (Å²) in [7, 11) is 4.83. The van der Waals surface area contributed by atoms with Crippen molar-refractivity contribution in [1.29, 1.82) is 0 Å². The topological polar surface area (TPSA) is 95.0 Å². The predicted octanol–water partition coefficient (Wildman–Crippen LogP) is 0.733. The van der Waals surface area contributed by atoms with Gasteiger partial charge in [-0.15, -0.1) is 0 Å². The van der Waals surface area contributed by atoms with Crippen molar-refractivity contribution >= 4 is 16.9 Å². The fourth-order valence-corrected chi connectivity index (χ4v) is 3.88. The van der Waals surface area contributed by atoms with E-state index in [2.05, 4.69) is 10.1 Å². The maximum Gasteiger partial charge on any atom is 0.332 e. The van der Waals surface area contributed by atoms with Gasteiger partial charge in [0.1, 0.15) is 5.65 Å². The van der Waals surface area contributed by atoms with Crippen LogP contribution in [-0.2, 0) is 21.1 Å². The van der Waals surface area contributed by atoms with Crippen molar-refractivity contribution in [2.75, 3.05) is 6.54 Å². The van der Waals surface area contributed by atoms with E-state index < -0.39 is 11.2 Å². The van der Waals surface area contributed by atoms with Crippen LogP contribution in [0, 0.1) is 0 Å². The monoisotopic (exact) mass is 382 g/mol. The molecule has 1 fully saturated rings. The first-order valence-electron chi connectivity index (χ1n) is 9.23. The van der Waals surface area contributed by atoms with Crippen LogP contribution in [0.25, 0.3) is 11.0 Å². The lowest BCUT2D eigenvalue weighted by molar-refractivity contribution is 0.0611. The van der Waals surface area contributed by atoms with Gasteiger partial charge in [0.25, 0.3) is 11.5 Å². The van der Waals surface area contributed by atoms with Crippen molar-refractivity contribution < 1.29 is 4.79 Å². The number of likely N-dealkylation sites (tertiary alicyclic amines) is 1. The largest absolute Gasteiger partial charge is 0.332 e. The smallest absolute Gasteiger partial charge is 0.331 e. The Labute approximate surface area is 160 Å². The highest BCUT2D eigenvalue weighted by atomic mass is 16.2. The predicted molar refractivity (Wildman–Crippen MR) is 103 cm³/mol. The molecule has 1 unspecified atom stereocenters. The fourth-order valence-electron chi connectivity index (χ4n) is 3.88. The van der Waals surface area contributed by atoms with Crippen LogP contribution in [0.2, 0.25) is 0 Å². The first-order chi connectivity index (χ1) is 13.4. The Morgan fingerprint density at radius 1 is 1.11 bits per heavy atom. The number of rotatable bonds is 2. The van der Waals surface area contributed by atoms with Crippen molar-refractivity contribution in [2.45, 2.75) is 25.3 Å². The second kappa shape index (κ2) is 6.74. The summed E-state index contributed by atoms with van der Waals surface area (Å²) >= 11 is 0. The number of piperidine rings is 1. The van der Waals surface area contributed by atoms with E-state index in [-0.39, 0.29) is 23.0 Å². The third-order valence-corrected chi connectivity index (χ3v) is 5.41. The summed E-state index contributed by atoms with van der Waals surface area (Å²) in [4.78, 5) is 43.9. The first-order valence-corrected chi connectivity index (χ1v) is 9.23. The second-order valence-corrected chi connectivity index (χ2v) is 7.26. The van der Waals surface area contributed by atoms with E-state index in [1.54, 1.807) is 24.0 Å². The zero-order valence-corrected chi connectivity index (χ0v) is 16.1. The van der Waals surface area contributed by atoms with Gasteiger partial charge in [-0.2, -0.15) is 5.10 Å². The van der Waals surface area contributed by atoms with Crippen LogP contribution in [-0.4, -0.2) is 41.3 Å². The SMILES string of the molecule is Cn1cc(C2CCCCN2C(=O)c2cnc3c(c2)c(=O)n(C)c(=O)n3C)cn1. The number of aromatic nitrogens is 5. The number of fused-ring (bicyclic) bond motifs is 1. The number of pyridine rings is 1. The van der Waals surface area contributed by atoms with Gasteiger partial charge in [0, 0.05) is 45.6 Å². The van der Waals surface area contributed by atoms with Crippen molar-refractivity contribution in [3.05, 3.63) is 56.6 Å². The fraction of sp³-hybridized carbons (Fsp3) is 0.421. The van der Waals surface area contributed by atoms with Gasteiger partial charge in [-0.3, -0.25) is 23.4 Å². The summed E-state index contributed by atoms with van der Waals surface area (Å²) in [5.74, 6) is -0.168. The second-order valence-electron chi connectivity index (χ2n) is 7.26. The molecule has 4 rings (SSSR count). The lowest BCUT2D eigenvalue weighted by Crippen LogP contribution is -2.39. The number of carbonyl (C=O) groups is 1. The lowest BCUT2D eigenvalue weighted by atomic mass is 9.96. The van der Waals surface area contributed by atoms with Crippen LogP contribution in [0.5, 0.6) is 0 Å². The molecular formula is C19H22N6O3. The van der Waals surface area contributed by atoms with Gasteiger partial charge in [0.05, 0.1) is 23.2 Å². The highest BCUT2D eigenvalue weighted by Gasteiger charge is 2.30. The number of hydrogen-bond acceptors (Lipinski definition) is 5. The summed E-state index contributed by atoms with van der Waals surface area (Å²) in [6.07, 6.45) is 8.01. The number of aryl methyl sites for hydroxylation is 2. The highest BCUT2D eigenvalue weighted by Crippen LogP contribution is 2.31. The van der Waals surface area contributed by atoms with Crippen molar-refractivity contribution in [1.82, 2.24) is 28.8 Å². The van der Waals surface area contributed by atoms with E-state index in [1.807, 2.05) is 18.1 Å². The molecule has 0 bridgehead atoms. The third kappa shape index (κ3) is 2.83. The van der Waals surface area contributed by atoms with Crippen LogP contribution >= 0.6 is 0 Å². The van der Waals surface area contributed by atoms with E-state index in [1.165, 1.54) is 17.8 Å². The van der Waals surface area contributed by atoms with E-state index >= 15 is 0 Å². The summed E-state index contributed by atoms with van der Waals surface area (Å²) in [6, 6.07) is 1.50. The Hall–Kier alpha value is -3.23. The van der Waals surface area contributed by atoms with Gasteiger partial charge < -0.3 is 4.90 Å². The Bertz CT molecular complexity index is 1190. The van der Waals surface area contributed by atoms with E-state index in [0.717, 1.165) is 29.4 Å². The Morgan fingerprint density at radius 3 is 2.61 bits per heavy atom. The zero-order chi connectivity index (χ0) is 20.0. The van der Waals surface area contributed by atoms with Gasteiger partial charge in [-0.1, -0.05) is 0 Å². The summed E-state index contributed by atoms with van der Waals surface area (Å²) < 4.78 is 4.07. The molecule has 0 radical (unpaired) electrons. The lowest BCUT2D eigenvalue weighted by Gasteiger charge is -2.35. The van der Waals surface area contributed by atoms with E-state index in [4.69, 9.17) is 0 Å². The van der Waals surface area contributed by atoms with Crippen molar-refractivity contribution in [2.24, 2.45) is 21.1 Å². The molecule has 0 saturated carbocycles. The molecule has 28 heavy (non-hydrogen) atoms. The summed E-state index contributed by atoms with van der Waals surface area (Å²) in [5, 5.41) is 4.48. The van der Waals surface area contributed by atoms with Gasteiger partial charge in [0.2, 0.25) is 0 Å². The molecule has 1 atom stereocenters. The minimum Gasteiger partial charge on any atom is -0.331 e. The molecule has 1 aliphatic heterocycles. The zero-order valence-electron chi connectivity index (χ0n) is 16.1. The number of nitrogens with zero attached hydrogens (tertiary/aromatic N) is 6. The molecule has 9 nitrogen and oxygen atoms in total. The standard InChI is InChI=1S/C19H22N6O3/c1-22-11-13(10-21-22)15-6-4-5-7-25(15)17(26)12-8-14-16(20-9-12)23(2)19(28)24(3)18(14)27/h8-11,15H,4-7H2,1-3H3. The summed E-state index contributed by atoms with van der Waals surface area (Å²) in [5.41, 5.74) is 0.716. The van der Waals surface area contributed by atoms with Crippen molar-refractivity contribution in [3.63, 3.8) is 0 Å². The van der Waals surface area contributed by atoms with Crippen LogP contribution in [0.15, 0.2) is 34.2 Å². The molecule has 0 aromatic carbocycles. The Kier molecular flexibility index (Phi) is 4.37. The molecule has 0 N–H and O–H groups in total. The normalized spacial score (nSPS) is 17.2. The third-order valence-electron chi connectivity index (χ3n) is 5.41. The Balaban J connectivity index is 1.77. The maximum atomic E-state index is 13.3. The molecular weight excluding hydrogens is 360 g/mol. The molecule has 4 heterocycles. The van der Waals surface area contributed by atoms with E-state index in [9.17, 15) is 14.4 Å². The first kappa shape index (κ1) is 18.1. The van der Waals surface area contributed by atoms with Gasteiger partial charge in [-0.05, 0) is 25.3 Å². The van der Waals surface area contributed by atoms with Crippen LogP contribution < -0.4 is 11.2 Å². The molecule has 146 valence electrons.